The molecule has 2 aromatic carbocycles. The highest BCUT2D eigenvalue weighted by Crippen LogP contribution is 2.24. The van der Waals surface area contributed by atoms with Gasteiger partial charge in [-0.3, -0.25) is 4.79 Å². The van der Waals surface area contributed by atoms with Gasteiger partial charge in [-0.15, -0.1) is 0 Å². The summed E-state index contributed by atoms with van der Waals surface area (Å²) in [4.78, 5) is 16.9. The molecule has 1 N–H and O–H groups in total. The summed E-state index contributed by atoms with van der Waals surface area (Å²) in [5, 5.41) is 2.95. The van der Waals surface area contributed by atoms with Crippen molar-refractivity contribution in [3.05, 3.63) is 53.6 Å². The van der Waals surface area contributed by atoms with Gasteiger partial charge in [0.2, 0.25) is 0 Å². The molecule has 26 heavy (non-hydrogen) atoms. The van der Waals surface area contributed by atoms with Crippen LogP contribution in [0.25, 0.3) is 0 Å². The summed E-state index contributed by atoms with van der Waals surface area (Å²) in [5.41, 5.74) is 4.13. The lowest BCUT2D eigenvalue weighted by Gasteiger charge is -2.34. The summed E-state index contributed by atoms with van der Waals surface area (Å²) < 4.78 is 5.61. The largest absolute Gasteiger partial charge is 0.483 e. The van der Waals surface area contributed by atoms with Crippen molar-refractivity contribution in [3.63, 3.8) is 0 Å². The summed E-state index contributed by atoms with van der Waals surface area (Å²) in [6.07, 6.45) is 0. The monoisotopic (exact) mass is 353 g/mol. The lowest BCUT2D eigenvalue weighted by atomic mass is 10.1. The second-order valence-electron chi connectivity index (χ2n) is 6.89. The molecule has 1 aliphatic heterocycles. The molecule has 3 rings (SSSR count). The van der Waals surface area contributed by atoms with Gasteiger partial charge in [-0.1, -0.05) is 18.2 Å². The number of piperazine rings is 1. The van der Waals surface area contributed by atoms with Crippen LogP contribution in [0.5, 0.6) is 5.75 Å². The van der Waals surface area contributed by atoms with Crippen LogP contribution in [-0.2, 0) is 4.79 Å². The van der Waals surface area contributed by atoms with Crippen molar-refractivity contribution >= 4 is 17.3 Å². The minimum Gasteiger partial charge on any atom is -0.483 e. The molecule has 0 atom stereocenters. The van der Waals surface area contributed by atoms with Crippen LogP contribution in [-0.4, -0.2) is 50.6 Å². The maximum atomic E-state index is 12.2. The molecule has 5 nitrogen and oxygen atoms in total. The van der Waals surface area contributed by atoms with Crippen LogP contribution in [0.4, 0.5) is 11.4 Å². The highest BCUT2D eigenvalue weighted by Gasteiger charge is 2.15. The van der Waals surface area contributed by atoms with Crippen molar-refractivity contribution in [1.29, 1.82) is 0 Å². The summed E-state index contributed by atoms with van der Waals surface area (Å²) in [6.45, 7) is 8.22. The van der Waals surface area contributed by atoms with Gasteiger partial charge in [0.25, 0.3) is 5.91 Å². The van der Waals surface area contributed by atoms with E-state index in [4.69, 9.17) is 4.74 Å². The number of nitrogens with one attached hydrogen (secondary N) is 1. The van der Waals surface area contributed by atoms with Gasteiger partial charge in [0.15, 0.2) is 6.61 Å². The molecule has 1 amide bonds. The highest BCUT2D eigenvalue weighted by molar-refractivity contribution is 5.92. The van der Waals surface area contributed by atoms with Gasteiger partial charge in [-0.05, 0) is 56.3 Å². The van der Waals surface area contributed by atoms with Crippen molar-refractivity contribution in [2.24, 2.45) is 0 Å². The molecule has 138 valence electrons. The second kappa shape index (κ2) is 8.23. The Morgan fingerprint density at radius 2 is 1.77 bits per heavy atom. The zero-order valence-corrected chi connectivity index (χ0v) is 15.8. The number of aryl methyl sites for hydroxylation is 2. The van der Waals surface area contributed by atoms with Crippen LogP contribution in [0.2, 0.25) is 0 Å². The predicted molar refractivity (Wildman–Crippen MR) is 106 cm³/mol. The molecule has 1 aliphatic rings. The molecular formula is C21H27N3O2. The number of carbonyl (C=O) groups excluding carboxylic acids is 1. The number of carbonyl (C=O) groups is 1. The lowest BCUT2D eigenvalue weighted by Crippen LogP contribution is -2.44. The highest BCUT2D eigenvalue weighted by atomic mass is 16.5. The van der Waals surface area contributed by atoms with Crippen LogP contribution < -0.4 is 15.0 Å². The molecule has 1 fully saturated rings. The van der Waals surface area contributed by atoms with E-state index in [1.165, 1.54) is 5.69 Å². The lowest BCUT2D eigenvalue weighted by molar-refractivity contribution is -0.118. The molecule has 5 heteroatoms. The number of likely N-dealkylation sites (N-methyl/N-ethyl adjacent to an activating group) is 1. The van der Waals surface area contributed by atoms with Gasteiger partial charge in [0.1, 0.15) is 5.75 Å². The van der Waals surface area contributed by atoms with Gasteiger partial charge in [0.05, 0.1) is 0 Å². The fourth-order valence-corrected chi connectivity index (χ4v) is 3.10. The number of amides is 1. The molecule has 0 radical (unpaired) electrons. The first-order valence-corrected chi connectivity index (χ1v) is 9.05. The molecule has 2 aromatic rings. The van der Waals surface area contributed by atoms with Crippen molar-refractivity contribution in [2.75, 3.05) is 50.1 Å². The molecule has 1 heterocycles. The van der Waals surface area contributed by atoms with E-state index in [9.17, 15) is 4.79 Å². The molecular weight excluding hydrogens is 326 g/mol. The van der Waals surface area contributed by atoms with E-state index in [0.717, 1.165) is 48.7 Å². The normalized spacial score (nSPS) is 15.0. The third-order valence-corrected chi connectivity index (χ3v) is 4.80. The summed E-state index contributed by atoms with van der Waals surface area (Å²) in [6, 6.07) is 13.9. The smallest absolute Gasteiger partial charge is 0.262 e. The van der Waals surface area contributed by atoms with E-state index in [1.54, 1.807) is 0 Å². The Morgan fingerprint density at radius 1 is 1.04 bits per heavy atom. The third-order valence-electron chi connectivity index (χ3n) is 4.80. The Kier molecular flexibility index (Phi) is 5.78. The predicted octanol–water partition coefficient (Wildman–Crippen LogP) is 3.07. The standard InChI is InChI=1S/C21H27N3O2/c1-16-6-4-5-7-20(16)26-15-21(25)22-19-9-8-18(14-17(19)2)24-12-10-23(3)11-13-24/h4-9,14H,10-13,15H2,1-3H3,(H,22,25). The first-order valence-electron chi connectivity index (χ1n) is 9.05. The SMILES string of the molecule is Cc1cc(N2CCN(C)CC2)ccc1NC(=O)COc1ccccc1C. The minimum atomic E-state index is -0.149. The Bertz CT molecular complexity index is 768. The van der Waals surface area contributed by atoms with Gasteiger partial charge in [-0.2, -0.15) is 0 Å². The van der Waals surface area contributed by atoms with E-state index in [1.807, 2.05) is 44.2 Å². The fraction of sp³-hybridized carbons (Fsp3) is 0.381. The molecule has 0 saturated carbocycles. The summed E-state index contributed by atoms with van der Waals surface area (Å²) in [5.74, 6) is 0.591. The molecule has 0 unspecified atom stereocenters. The number of ether oxygens (including phenoxy) is 1. The molecule has 0 aliphatic carbocycles. The van der Waals surface area contributed by atoms with E-state index in [2.05, 4.69) is 34.3 Å². The van der Waals surface area contributed by atoms with Crippen LogP contribution in [0, 0.1) is 13.8 Å². The number of rotatable bonds is 5. The van der Waals surface area contributed by atoms with Crippen molar-refractivity contribution < 1.29 is 9.53 Å². The first kappa shape index (κ1) is 18.3. The quantitative estimate of drug-likeness (QED) is 0.897. The van der Waals surface area contributed by atoms with Crippen LogP contribution >= 0.6 is 0 Å². The van der Waals surface area contributed by atoms with E-state index in [-0.39, 0.29) is 12.5 Å². The average Bonchev–Trinajstić information content (AvgIpc) is 2.63. The van der Waals surface area contributed by atoms with Crippen LogP contribution in [0.3, 0.4) is 0 Å². The zero-order chi connectivity index (χ0) is 18.5. The number of benzene rings is 2. The first-order chi connectivity index (χ1) is 12.5. The number of para-hydroxylation sites is 1. The number of anilines is 2. The Morgan fingerprint density at radius 3 is 2.46 bits per heavy atom. The Labute approximate surface area is 155 Å². The summed E-state index contributed by atoms with van der Waals surface area (Å²) in [7, 11) is 2.15. The average molecular weight is 353 g/mol. The number of hydrogen-bond donors (Lipinski definition) is 1. The number of nitrogens with zero attached hydrogens (tertiary/aromatic N) is 2. The van der Waals surface area contributed by atoms with E-state index >= 15 is 0 Å². The third kappa shape index (κ3) is 4.55. The van der Waals surface area contributed by atoms with Crippen LogP contribution in [0.15, 0.2) is 42.5 Å². The van der Waals surface area contributed by atoms with Gasteiger partial charge in [0, 0.05) is 37.6 Å². The van der Waals surface area contributed by atoms with E-state index in [0.29, 0.717) is 0 Å². The number of hydrogen-bond acceptors (Lipinski definition) is 4. The molecule has 0 bridgehead atoms. The van der Waals surface area contributed by atoms with Gasteiger partial charge in [-0.25, -0.2) is 0 Å². The van der Waals surface area contributed by atoms with E-state index < -0.39 is 0 Å². The summed E-state index contributed by atoms with van der Waals surface area (Å²) >= 11 is 0. The molecule has 0 aromatic heterocycles. The second-order valence-corrected chi connectivity index (χ2v) is 6.89. The molecule has 1 saturated heterocycles. The van der Waals surface area contributed by atoms with Crippen LogP contribution in [0.1, 0.15) is 11.1 Å². The Balaban J connectivity index is 1.57. The van der Waals surface area contributed by atoms with Gasteiger partial charge < -0.3 is 19.9 Å². The van der Waals surface area contributed by atoms with Gasteiger partial charge >= 0.3 is 0 Å². The maximum Gasteiger partial charge on any atom is 0.262 e. The Hall–Kier alpha value is -2.53. The topological polar surface area (TPSA) is 44.8 Å². The van der Waals surface area contributed by atoms with Crippen molar-refractivity contribution in [1.82, 2.24) is 4.90 Å². The van der Waals surface area contributed by atoms with Crippen molar-refractivity contribution in [3.8, 4) is 5.75 Å². The maximum absolute atomic E-state index is 12.2. The minimum absolute atomic E-state index is 0.00447. The molecule has 0 spiro atoms. The zero-order valence-electron chi connectivity index (χ0n) is 15.8. The fourth-order valence-electron chi connectivity index (χ4n) is 3.10. The van der Waals surface area contributed by atoms with Crippen molar-refractivity contribution in [2.45, 2.75) is 13.8 Å².